The van der Waals surface area contributed by atoms with Crippen LogP contribution in [-0.4, -0.2) is 111 Å². The van der Waals surface area contributed by atoms with Crippen LogP contribution in [0.25, 0.3) is 10.9 Å². The monoisotopic (exact) mass is 776 g/mol. The third-order valence-corrected chi connectivity index (χ3v) is 9.10. The van der Waals surface area contributed by atoms with Gasteiger partial charge < -0.3 is 53.2 Å². The number of nitrogens with one attached hydrogen (secondary N) is 6. The van der Waals surface area contributed by atoms with Gasteiger partial charge in [0, 0.05) is 23.5 Å². The Morgan fingerprint density at radius 3 is 1.89 bits per heavy atom. The van der Waals surface area contributed by atoms with E-state index in [0.29, 0.717) is 17.7 Å². The molecule has 17 nitrogen and oxygen atoms in total. The molecule has 0 saturated heterocycles. The van der Waals surface area contributed by atoms with Crippen molar-refractivity contribution in [3.8, 4) is 0 Å². The number of aliphatic hydroxyl groups excluding tert-OH is 1. The van der Waals surface area contributed by atoms with Gasteiger partial charge in [0.15, 0.2) is 0 Å². The standard InChI is InChI=1S/C36H56N8O9S/c1-18(2)13-23(37)31(47)40-25(11-12-54-6)32(48)41-26(15-21-17-39-24-10-8-7-9-22(21)24)34(50)44-30(20(5)45)35(51)42-27(16-29(38)46)33(49)43-28(36(52)53)14-19(3)4/h7-10,17-20,23,25-28,30,39,45H,11-16,37H2,1-6H3,(H2,38,46)(H,40,47)(H,41,48)(H,42,51)(H,43,49)(H,44,50)(H,52,53). The number of aliphatic carboxylic acids is 1. The Morgan fingerprint density at radius 2 is 1.31 bits per heavy atom. The highest BCUT2D eigenvalue weighted by Crippen LogP contribution is 2.20. The summed E-state index contributed by atoms with van der Waals surface area (Å²) in [4.78, 5) is 94.2. The molecule has 7 unspecified atom stereocenters. The Bertz CT molecular complexity index is 1620. The summed E-state index contributed by atoms with van der Waals surface area (Å²) in [6, 6.07) is -0.691. The zero-order valence-electron chi connectivity index (χ0n) is 31.6. The second-order valence-electron chi connectivity index (χ2n) is 14.2. The van der Waals surface area contributed by atoms with Gasteiger partial charge in [-0.25, -0.2) is 4.79 Å². The number of carboxylic acids is 1. The van der Waals surface area contributed by atoms with Crippen molar-refractivity contribution in [3.05, 3.63) is 36.0 Å². The lowest BCUT2D eigenvalue weighted by molar-refractivity contribution is -0.143. The normalized spacial score (nSPS) is 15.3. The smallest absolute Gasteiger partial charge is 0.326 e. The number of aliphatic hydroxyl groups is 1. The van der Waals surface area contributed by atoms with Crippen LogP contribution in [0.5, 0.6) is 0 Å². The second kappa shape index (κ2) is 21.9. The molecule has 54 heavy (non-hydrogen) atoms. The number of H-pyrrole nitrogens is 1. The quantitative estimate of drug-likeness (QED) is 0.0696. The Hall–Kier alpha value is -4.68. The van der Waals surface area contributed by atoms with Gasteiger partial charge >= 0.3 is 5.97 Å². The Morgan fingerprint density at radius 1 is 0.759 bits per heavy atom. The molecule has 18 heteroatoms. The number of benzene rings is 1. The molecule has 1 heterocycles. The predicted molar refractivity (Wildman–Crippen MR) is 205 cm³/mol. The summed E-state index contributed by atoms with van der Waals surface area (Å²) in [6.45, 7) is 8.53. The van der Waals surface area contributed by atoms with Crippen LogP contribution in [0.3, 0.4) is 0 Å². The van der Waals surface area contributed by atoms with Crippen molar-refractivity contribution in [2.75, 3.05) is 12.0 Å². The van der Waals surface area contributed by atoms with Crippen LogP contribution in [-0.2, 0) is 40.0 Å². The Balaban J connectivity index is 2.41. The molecule has 1 aromatic carbocycles. The molecule has 0 aliphatic carbocycles. The number of amides is 6. The van der Waals surface area contributed by atoms with E-state index in [1.165, 1.54) is 18.7 Å². The zero-order chi connectivity index (χ0) is 40.7. The molecule has 0 spiro atoms. The minimum atomic E-state index is -1.71. The number of hydrogen-bond donors (Lipinski definition) is 10. The number of aromatic amines is 1. The number of fused-ring (bicyclic) bond motifs is 1. The molecule has 6 amide bonds. The molecule has 2 aromatic rings. The van der Waals surface area contributed by atoms with Crippen molar-refractivity contribution in [1.29, 1.82) is 0 Å². The van der Waals surface area contributed by atoms with Crippen molar-refractivity contribution in [2.24, 2.45) is 23.3 Å². The number of carbonyl (C=O) groups is 7. The second-order valence-corrected chi connectivity index (χ2v) is 15.2. The summed E-state index contributed by atoms with van der Waals surface area (Å²) in [7, 11) is 0. The van der Waals surface area contributed by atoms with Crippen LogP contribution in [0, 0.1) is 11.8 Å². The maximum absolute atomic E-state index is 14.0. The first-order chi connectivity index (χ1) is 25.3. The van der Waals surface area contributed by atoms with Crippen LogP contribution in [0.15, 0.2) is 30.5 Å². The number of carboxylic acid groups (broad SMARTS) is 1. The fourth-order valence-electron chi connectivity index (χ4n) is 5.70. The molecule has 0 aliphatic heterocycles. The van der Waals surface area contributed by atoms with E-state index in [-0.39, 0.29) is 31.1 Å². The van der Waals surface area contributed by atoms with E-state index in [4.69, 9.17) is 11.5 Å². The third kappa shape index (κ3) is 14.6. The first kappa shape index (κ1) is 45.5. The van der Waals surface area contributed by atoms with Gasteiger partial charge in [0.05, 0.1) is 18.6 Å². The lowest BCUT2D eigenvalue weighted by Gasteiger charge is -2.28. The zero-order valence-corrected chi connectivity index (χ0v) is 32.5. The van der Waals surface area contributed by atoms with Crippen molar-refractivity contribution < 1.29 is 43.8 Å². The molecule has 0 radical (unpaired) electrons. The average Bonchev–Trinajstić information content (AvgIpc) is 3.49. The predicted octanol–water partition coefficient (Wildman–Crippen LogP) is -0.352. The number of hydrogen-bond acceptors (Lipinski definition) is 10. The van der Waals surface area contributed by atoms with Gasteiger partial charge in [-0.05, 0) is 61.7 Å². The number of aromatic nitrogens is 1. The summed E-state index contributed by atoms with van der Waals surface area (Å²) in [6.07, 6.45) is 1.82. The lowest BCUT2D eigenvalue weighted by Crippen LogP contribution is -2.62. The van der Waals surface area contributed by atoms with Crippen molar-refractivity contribution in [3.63, 3.8) is 0 Å². The van der Waals surface area contributed by atoms with Crippen molar-refractivity contribution >= 4 is 64.1 Å². The molecule has 300 valence electrons. The van der Waals surface area contributed by atoms with E-state index in [0.717, 1.165) is 10.9 Å². The van der Waals surface area contributed by atoms with Crippen LogP contribution in [0.1, 0.15) is 65.9 Å². The molecule has 7 atom stereocenters. The minimum Gasteiger partial charge on any atom is -0.480 e. The molecule has 0 bridgehead atoms. The summed E-state index contributed by atoms with van der Waals surface area (Å²) >= 11 is 1.45. The highest BCUT2D eigenvalue weighted by atomic mass is 32.2. The van der Waals surface area contributed by atoms with E-state index < -0.39 is 90.2 Å². The van der Waals surface area contributed by atoms with Gasteiger partial charge in [0.2, 0.25) is 35.4 Å². The highest BCUT2D eigenvalue weighted by Gasteiger charge is 2.35. The Kier molecular flexibility index (Phi) is 18.4. The van der Waals surface area contributed by atoms with E-state index in [2.05, 4.69) is 31.6 Å². The Labute approximate surface area is 319 Å². The molecular weight excluding hydrogens is 721 g/mol. The van der Waals surface area contributed by atoms with Crippen molar-refractivity contribution in [2.45, 2.75) is 109 Å². The average molecular weight is 777 g/mol. The van der Waals surface area contributed by atoms with Crippen LogP contribution < -0.4 is 38.1 Å². The van der Waals surface area contributed by atoms with Crippen molar-refractivity contribution in [1.82, 2.24) is 31.6 Å². The van der Waals surface area contributed by atoms with Gasteiger partial charge in [-0.1, -0.05) is 45.9 Å². The molecular formula is C36H56N8O9S. The van der Waals surface area contributed by atoms with E-state index >= 15 is 0 Å². The maximum Gasteiger partial charge on any atom is 0.326 e. The van der Waals surface area contributed by atoms with Gasteiger partial charge in [-0.15, -0.1) is 0 Å². The molecule has 2 rings (SSSR count). The number of thioether (sulfide) groups is 1. The molecule has 1 aromatic heterocycles. The first-order valence-electron chi connectivity index (χ1n) is 17.8. The lowest BCUT2D eigenvalue weighted by atomic mass is 10.0. The van der Waals surface area contributed by atoms with E-state index in [1.807, 2.05) is 38.3 Å². The summed E-state index contributed by atoms with van der Waals surface area (Å²) in [5, 5.41) is 33.4. The van der Waals surface area contributed by atoms with E-state index in [9.17, 15) is 43.8 Å². The summed E-state index contributed by atoms with van der Waals surface area (Å²) in [5.41, 5.74) is 12.8. The topological polar surface area (TPSA) is 288 Å². The third-order valence-electron chi connectivity index (χ3n) is 8.46. The van der Waals surface area contributed by atoms with E-state index in [1.54, 1.807) is 26.1 Å². The highest BCUT2D eigenvalue weighted by molar-refractivity contribution is 7.98. The number of primary amides is 1. The van der Waals surface area contributed by atoms with Crippen LogP contribution >= 0.6 is 11.8 Å². The minimum absolute atomic E-state index is 0.0563. The maximum atomic E-state index is 14.0. The number of nitrogens with two attached hydrogens (primary N) is 2. The van der Waals surface area contributed by atoms with Gasteiger partial charge in [-0.2, -0.15) is 11.8 Å². The largest absolute Gasteiger partial charge is 0.480 e. The number of rotatable bonds is 23. The first-order valence-corrected chi connectivity index (χ1v) is 19.2. The molecule has 12 N–H and O–H groups in total. The fraction of sp³-hybridized carbons (Fsp3) is 0.583. The number of carbonyl (C=O) groups excluding carboxylic acids is 6. The van der Waals surface area contributed by atoms with Gasteiger partial charge in [0.25, 0.3) is 0 Å². The summed E-state index contributed by atoms with van der Waals surface area (Å²) in [5.74, 6) is -6.01. The number of para-hydroxylation sites is 1. The summed E-state index contributed by atoms with van der Waals surface area (Å²) < 4.78 is 0. The SMILES string of the molecule is CSCCC(NC(=O)C(N)CC(C)C)C(=O)NC(Cc1c[nH]c2ccccc12)C(=O)NC(C(=O)NC(CC(N)=O)C(=O)NC(CC(C)C)C(=O)O)C(C)O. The van der Waals surface area contributed by atoms with Crippen LogP contribution in [0.4, 0.5) is 0 Å². The molecule has 0 fully saturated rings. The van der Waals surface area contributed by atoms with Gasteiger partial charge in [0.1, 0.15) is 30.2 Å². The van der Waals surface area contributed by atoms with Crippen LogP contribution in [0.2, 0.25) is 0 Å². The molecule has 0 aliphatic rings. The molecule has 0 saturated carbocycles. The van der Waals surface area contributed by atoms with Gasteiger partial charge in [-0.3, -0.25) is 28.8 Å². The fourth-order valence-corrected chi connectivity index (χ4v) is 6.17.